The zero-order valence-electron chi connectivity index (χ0n) is 10.8. The number of ketones is 1. The number of hydrogen-bond acceptors (Lipinski definition) is 4. The van der Waals surface area contributed by atoms with Crippen LogP contribution in [0.5, 0.6) is 0 Å². The molecule has 0 bridgehead atoms. The lowest BCUT2D eigenvalue weighted by Gasteiger charge is -2.06. The smallest absolute Gasteiger partial charge is 0.340 e. The van der Waals surface area contributed by atoms with E-state index >= 15 is 0 Å². The van der Waals surface area contributed by atoms with E-state index < -0.39 is 5.97 Å². The van der Waals surface area contributed by atoms with Crippen molar-refractivity contribution in [2.75, 3.05) is 7.11 Å². The van der Waals surface area contributed by atoms with Gasteiger partial charge in [0.05, 0.1) is 12.7 Å². The average molecular weight is 334 g/mol. The van der Waals surface area contributed by atoms with Crippen molar-refractivity contribution in [3.05, 3.63) is 63.9 Å². The maximum Gasteiger partial charge on any atom is 0.340 e. The van der Waals surface area contributed by atoms with Gasteiger partial charge < -0.3 is 4.74 Å². The molecule has 0 saturated carbocycles. The summed E-state index contributed by atoms with van der Waals surface area (Å²) in [5.74, 6) is -0.778. The van der Waals surface area contributed by atoms with Crippen LogP contribution < -0.4 is 0 Å². The molecule has 0 atom stereocenters. The van der Waals surface area contributed by atoms with E-state index in [2.05, 4.69) is 25.7 Å². The number of carbonyl (C=O) groups excluding carboxylic acids is 2. The predicted octanol–water partition coefficient (Wildman–Crippen LogP) is 3.06. The molecule has 0 saturated heterocycles. The molecule has 0 fully saturated rings. The second-order valence-electron chi connectivity index (χ2n) is 4.12. The van der Waals surface area contributed by atoms with E-state index in [0.717, 1.165) is 10.0 Å². The Bertz CT molecular complexity index is 655. The van der Waals surface area contributed by atoms with Crippen molar-refractivity contribution in [2.24, 2.45) is 0 Å². The Kier molecular flexibility index (Phi) is 4.63. The first-order valence-electron chi connectivity index (χ1n) is 5.93. The molecule has 0 aliphatic carbocycles. The summed E-state index contributed by atoms with van der Waals surface area (Å²) in [5.41, 5.74) is 1.18. The van der Waals surface area contributed by atoms with Crippen LogP contribution in [-0.2, 0) is 11.2 Å². The predicted molar refractivity (Wildman–Crippen MR) is 77.8 cm³/mol. The summed E-state index contributed by atoms with van der Waals surface area (Å²) in [6.45, 7) is 0. The number of esters is 1. The van der Waals surface area contributed by atoms with Gasteiger partial charge in [0.15, 0.2) is 5.78 Å². The third-order valence-electron chi connectivity index (χ3n) is 2.73. The Morgan fingerprint density at radius 1 is 1.25 bits per heavy atom. The topological polar surface area (TPSA) is 56.3 Å². The summed E-state index contributed by atoms with van der Waals surface area (Å²) in [6, 6.07) is 10.6. The van der Waals surface area contributed by atoms with Crippen LogP contribution >= 0.6 is 15.9 Å². The summed E-state index contributed by atoms with van der Waals surface area (Å²) in [5, 5.41) is 0. The minimum Gasteiger partial charge on any atom is -0.465 e. The SMILES string of the molecule is COC(=O)c1cccnc1C(=O)Cc1cccc(Br)c1. The minimum absolute atomic E-state index is 0.138. The molecule has 1 aromatic carbocycles. The third kappa shape index (κ3) is 3.30. The van der Waals surface area contributed by atoms with Gasteiger partial charge in [0.1, 0.15) is 5.69 Å². The minimum atomic E-state index is -0.560. The highest BCUT2D eigenvalue weighted by Gasteiger charge is 2.18. The monoisotopic (exact) mass is 333 g/mol. The molecule has 2 aromatic rings. The second-order valence-corrected chi connectivity index (χ2v) is 5.04. The molecule has 20 heavy (non-hydrogen) atoms. The summed E-state index contributed by atoms with van der Waals surface area (Å²) in [4.78, 5) is 27.9. The summed E-state index contributed by atoms with van der Waals surface area (Å²) < 4.78 is 5.56. The molecule has 0 spiro atoms. The maximum atomic E-state index is 12.3. The lowest BCUT2D eigenvalue weighted by Crippen LogP contribution is -2.14. The van der Waals surface area contributed by atoms with Crippen LogP contribution in [-0.4, -0.2) is 23.8 Å². The number of benzene rings is 1. The van der Waals surface area contributed by atoms with Gasteiger partial charge in [0, 0.05) is 17.1 Å². The van der Waals surface area contributed by atoms with E-state index in [-0.39, 0.29) is 23.5 Å². The molecule has 0 unspecified atom stereocenters. The summed E-state index contributed by atoms with van der Waals surface area (Å²) in [6.07, 6.45) is 1.67. The third-order valence-corrected chi connectivity index (χ3v) is 3.22. The molecule has 0 N–H and O–H groups in total. The maximum absolute atomic E-state index is 12.3. The van der Waals surface area contributed by atoms with Gasteiger partial charge in [-0.2, -0.15) is 0 Å². The fraction of sp³-hybridized carbons (Fsp3) is 0.133. The Morgan fingerprint density at radius 3 is 2.75 bits per heavy atom. The Hall–Kier alpha value is -2.01. The van der Waals surface area contributed by atoms with Gasteiger partial charge >= 0.3 is 5.97 Å². The first-order valence-corrected chi connectivity index (χ1v) is 6.72. The van der Waals surface area contributed by atoms with E-state index in [1.807, 2.05) is 24.3 Å². The Morgan fingerprint density at radius 2 is 2.05 bits per heavy atom. The van der Waals surface area contributed by atoms with Crippen LogP contribution in [0.1, 0.15) is 26.4 Å². The summed E-state index contributed by atoms with van der Waals surface area (Å²) in [7, 11) is 1.28. The van der Waals surface area contributed by atoms with E-state index in [0.29, 0.717) is 0 Å². The molecule has 4 nitrogen and oxygen atoms in total. The number of ether oxygens (including phenoxy) is 1. The van der Waals surface area contributed by atoms with Gasteiger partial charge in [0.25, 0.3) is 0 Å². The highest BCUT2D eigenvalue weighted by atomic mass is 79.9. The van der Waals surface area contributed by atoms with Crippen LogP contribution in [0.4, 0.5) is 0 Å². The molecular formula is C15H12BrNO3. The number of Topliss-reactive ketones (excluding diaryl/α,β-unsaturated/α-hetero) is 1. The van der Waals surface area contributed by atoms with Crippen molar-refractivity contribution in [2.45, 2.75) is 6.42 Å². The van der Waals surface area contributed by atoms with Crippen LogP contribution in [0.3, 0.4) is 0 Å². The van der Waals surface area contributed by atoms with Crippen molar-refractivity contribution in [1.82, 2.24) is 4.98 Å². The molecule has 0 amide bonds. The molecule has 0 radical (unpaired) electrons. The van der Waals surface area contributed by atoms with Crippen LogP contribution in [0.2, 0.25) is 0 Å². The number of rotatable bonds is 4. The van der Waals surface area contributed by atoms with Gasteiger partial charge in [-0.1, -0.05) is 28.1 Å². The largest absolute Gasteiger partial charge is 0.465 e. The molecule has 0 aliphatic rings. The van der Waals surface area contributed by atoms with Crippen LogP contribution in [0, 0.1) is 0 Å². The van der Waals surface area contributed by atoms with Crippen LogP contribution in [0.15, 0.2) is 47.1 Å². The van der Waals surface area contributed by atoms with E-state index in [1.54, 1.807) is 6.07 Å². The highest BCUT2D eigenvalue weighted by Crippen LogP contribution is 2.15. The number of pyridine rings is 1. The van der Waals surface area contributed by atoms with Gasteiger partial charge in [-0.05, 0) is 29.8 Å². The van der Waals surface area contributed by atoms with E-state index in [4.69, 9.17) is 0 Å². The lowest BCUT2D eigenvalue weighted by atomic mass is 10.0. The molecular weight excluding hydrogens is 322 g/mol. The molecule has 2 rings (SSSR count). The van der Waals surface area contributed by atoms with Crippen molar-refractivity contribution in [3.63, 3.8) is 0 Å². The fourth-order valence-corrected chi connectivity index (χ4v) is 2.26. The summed E-state index contributed by atoms with van der Waals surface area (Å²) >= 11 is 3.36. The van der Waals surface area contributed by atoms with Gasteiger partial charge in [-0.25, -0.2) is 4.79 Å². The van der Waals surface area contributed by atoms with Crippen molar-refractivity contribution >= 4 is 27.7 Å². The number of hydrogen-bond donors (Lipinski definition) is 0. The average Bonchev–Trinajstić information content (AvgIpc) is 2.46. The number of carbonyl (C=O) groups is 2. The highest BCUT2D eigenvalue weighted by molar-refractivity contribution is 9.10. The number of halogens is 1. The molecule has 102 valence electrons. The van der Waals surface area contributed by atoms with Gasteiger partial charge in [-0.3, -0.25) is 9.78 Å². The molecule has 0 aliphatic heterocycles. The normalized spacial score (nSPS) is 10.1. The molecule has 1 aromatic heterocycles. The number of nitrogens with zero attached hydrogens (tertiary/aromatic N) is 1. The Labute approximate surface area is 124 Å². The van der Waals surface area contributed by atoms with E-state index in [1.165, 1.54) is 19.4 Å². The molecule has 5 heteroatoms. The van der Waals surface area contributed by atoms with Gasteiger partial charge in [0.2, 0.25) is 0 Å². The standard InChI is InChI=1S/C15H12BrNO3/c1-20-15(19)12-6-3-7-17-14(12)13(18)9-10-4-2-5-11(16)8-10/h2-8H,9H2,1H3. The zero-order chi connectivity index (χ0) is 14.5. The molecule has 1 heterocycles. The lowest BCUT2D eigenvalue weighted by molar-refractivity contribution is 0.0596. The first-order chi connectivity index (χ1) is 9.61. The van der Waals surface area contributed by atoms with Crippen molar-refractivity contribution < 1.29 is 14.3 Å². The Balaban J connectivity index is 2.28. The van der Waals surface area contributed by atoms with Gasteiger partial charge in [-0.15, -0.1) is 0 Å². The zero-order valence-corrected chi connectivity index (χ0v) is 12.4. The number of aromatic nitrogens is 1. The van der Waals surface area contributed by atoms with Crippen LogP contribution in [0.25, 0.3) is 0 Å². The fourth-order valence-electron chi connectivity index (χ4n) is 1.82. The van der Waals surface area contributed by atoms with E-state index in [9.17, 15) is 9.59 Å². The second kappa shape index (κ2) is 6.43. The quantitative estimate of drug-likeness (QED) is 0.637. The van der Waals surface area contributed by atoms with Crippen molar-refractivity contribution in [1.29, 1.82) is 0 Å². The first kappa shape index (κ1) is 14.4. The van der Waals surface area contributed by atoms with Crippen molar-refractivity contribution in [3.8, 4) is 0 Å². The number of methoxy groups -OCH3 is 1.